The molecule has 2 aromatic carbocycles. The SMILES string of the molecule is CC1(C)CC(=O)C2=C(C1)Nc1nc(SCc3cccc(F)c3)nn1[C@@H]2c1ccc([N+](=O)[O-])cc1. The molecule has 174 valence electrons. The van der Waals surface area contributed by atoms with Crippen molar-refractivity contribution in [2.45, 2.75) is 43.6 Å². The molecule has 2 heterocycles. The third-order valence-corrected chi connectivity index (χ3v) is 6.90. The molecule has 1 aliphatic heterocycles. The van der Waals surface area contributed by atoms with Gasteiger partial charge >= 0.3 is 0 Å². The van der Waals surface area contributed by atoms with Crippen LogP contribution in [0.15, 0.2) is 65.0 Å². The van der Waals surface area contributed by atoms with Crippen molar-refractivity contribution in [1.29, 1.82) is 0 Å². The van der Waals surface area contributed by atoms with Crippen LogP contribution in [0.4, 0.5) is 16.0 Å². The minimum absolute atomic E-state index is 0.0202. The summed E-state index contributed by atoms with van der Waals surface area (Å²) in [6.07, 6.45) is 1.08. The van der Waals surface area contributed by atoms with Crippen LogP contribution in [0.2, 0.25) is 0 Å². The van der Waals surface area contributed by atoms with Crippen molar-refractivity contribution in [1.82, 2.24) is 14.8 Å². The van der Waals surface area contributed by atoms with Crippen LogP contribution in [0.1, 0.15) is 43.9 Å². The molecular formula is C24H22FN5O3S. The van der Waals surface area contributed by atoms with Gasteiger partial charge < -0.3 is 5.32 Å². The normalized spacial score (nSPS) is 18.8. The van der Waals surface area contributed by atoms with Crippen LogP contribution in [0.3, 0.4) is 0 Å². The Morgan fingerprint density at radius 1 is 1.24 bits per heavy atom. The lowest BCUT2D eigenvalue weighted by molar-refractivity contribution is -0.384. The lowest BCUT2D eigenvalue weighted by Crippen LogP contribution is -2.36. The number of hydrogen-bond acceptors (Lipinski definition) is 7. The molecule has 0 spiro atoms. The Kier molecular flexibility index (Phi) is 5.47. The van der Waals surface area contributed by atoms with Gasteiger partial charge in [0.1, 0.15) is 11.9 Å². The standard InChI is InChI=1S/C24H22FN5O3S/c1-24(2)11-18-20(19(31)12-24)21(15-6-8-17(9-7-15)30(32)33)29-22(26-18)27-23(28-29)34-13-14-4-3-5-16(25)10-14/h3-10,21H,11-13H2,1-2H3,(H,26,27,28)/t21-/m1/s1. The van der Waals surface area contributed by atoms with Crippen molar-refractivity contribution >= 4 is 29.2 Å². The van der Waals surface area contributed by atoms with E-state index in [1.165, 1.54) is 36.0 Å². The number of nitrogens with zero attached hydrogens (tertiary/aromatic N) is 4. The topological polar surface area (TPSA) is 103 Å². The van der Waals surface area contributed by atoms with Crippen molar-refractivity contribution in [3.05, 3.63) is 86.9 Å². The first-order valence-corrected chi connectivity index (χ1v) is 11.8. The number of halogens is 1. The van der Waals surface area contributed by atoms with Gasteiger partial charge in [-0.2, -0.15) is 4.98 Å². The van der Waals surface area contributed by atoms with Gasteiger partial charge in [0.2, 0.25) is 11.1 Å². The van der Waals surface area contributed by atoms with Crippen molar-refractivity contribution in [3.63, 3.8) is 0 Å². The average Bonchev–Trinajstić information content (AvgIpc) is 3.18. The Bertz CT molecular complexity index is 1330. The van der Waals surface area contributed by atoms with E-state index in [0.717, 1.165) is 16.8 Å². The molecule has 1 aliphatic carbocycles. The minimum atomic E-state index is -0.535. The maximum Gasteiger partial charge on any atom is 0.269 e. The Balaban J connectivity index is 1.53. The van der Waals surface area contributed by atoms with Gasteiger partial charge in [-0.25, -0.2) is 9.07 Å². The number of fused-ring (bicyclic) bond motifs is 1. The third kappa shape index (κ3) is 4.21. The summed E-state index contributed by atoms with van der Waals surface area (Å²) in [6.45, 7) is 4.10. The van der Waals surface area contributed by atoms with E-state index in [9.17, 15) is 19.3 Å². The molecule has 0 bridgehead atoms. The Morgan fingerprint density at radius 2 is 2.00 bits per heavy atom. The number of carbonyl (C=O) groups excluding carboxylic acids is 1. The molecule has 1 atom stereocenters. The lowest BCUT2D eigenvalue weighted by Gasteiger charge is -2.38. The van der Waals surface area contributed by atoms with Gasteiger partial charge in [-0.1, -0.05) is 37.7 Å². The van der Waals surface area contributed by atoms with E-state index >= 15 is 0 Å². The molecule has 1 N–H and O–H groups in total. The van der Waals surface area contributed by atoms with Gasteiger partial charge in [-0.15, -0.1) is 5.10 Å². The Morgan fingerprint density at radius 3 is 2.71 bits per heavy atom. The smallest absolute Gasteiger partial charge is 0.269 e. The number of Topliss-reactive ketones (excluding diaryl/α,β-unsaturated/α-hetero) is 1. The number of carbonyl (C=O) groups is 1. The van der Waals surface area contributed by atoms with Crippen LogP contribution in [0.25, 0.3) is 0 Å². The highest BCUT2D eigenvalue weighted by Gasteiger charge is 2.42. The van der Waals surface area contributed by atoms with Crippen LogP contribution in [0.5, 0.6) is 0 Å². The monoisotopic (exact) mass is 479 g/mol. The molecule has 2 aliphatic rings. The summed E-state index contributed by atoms with van der Waals surface area (Å²) in [5, 5.41) is 19.6. The first-order chi connectivity index (χ1) is 16.2. The van der Waals surface area contributed by atoms with Crippen LogP contribution >= 0.6 is 11.8 Å². The number of non-ortho nitro benzene ring substituents is 1. The molecule has 34 heavy (non-hydrogen) atoms. The molecule has 0 unspecified atom stereocenters. The largest absolute Gasteiger partial charge is 0.328 e. The van der Waals surface area contributed by atoms with Crippen molar-refractivity contribution in [2.75, 3.05) is 5.32 Å². The van der Waals surface area contributed by atoms with Gasteiger partial charge in [-0.3, -0.25) is 14.9 Å². The number of rotatable bonds is 5. The fourth-order valence-corrected chi connectivity index (χ4v) is 5.28. The second kappa shape index (κ2) is 8.35. The van der Waals surface area contributed by atoms with E-state index in [1.54, 1.807) is 22.9 Å². The zero-order chi connectivity index (χ0) is 24.0. The van der Waals surface area contributed by atoms with Crippen LogP contribution in [-0.2, 0) is 10.5 Å². The molecule has 3 aromatic rings. The Hall–Kier alpha value is -3.53. The number of ketones is 1. The highest BCUT2D eigenvalue weighted by molar-refractivity contribution is 7.98. The number of thioether (sulfide) groups is 1. The number of anilines is 1. The highest BCUT2D eigenvalue weighted by Crippen LogP contribution is 2.45. The van der Waals surface area contributed by atoms with Gasteiger partial charge in [0.15, 0.2) is 5.78 Å². The summed E-state index contributed by atoms with van der Waals surface area (Å²) in [5.41, 5.74) is 2.75. The molecule has 0 radical (unpaired) electrons. The molecule has 0 amide bonds. The summed E-state index contributed by atoms with van der Waals surface area (Å²) < 4.78 is 15.2. The number of nitro groups is 1. The number of nitrogens with one attached hydrogen (secondary N) is 1. The molecule has 0 saturated heterocycles. The molecular weight excluding hydrogens is 457 g/mol. The maximum atomic E-state index is 13.5. The van der Waals surface area contributed by atoms with E-state index < -0.39 is 11.0 Å². The van der Waals surface area contributed by atoms with Crippen molar-refractivity contribution in [2.24, 2.45) is 5.41 Å². The van der Waals surface area contributed by atoms with Gasteiger partial charge in [0.05, 0.1) is 4.92 Å². The zero-order valence-electron chi connectivity index (χ0n) is 18.6. The average molecular weight is 480 g/mol. The number of hydrogen-bond donors (Lipinski definition) is 1. The molecule has 0 saturated carbocycles. The lowest BCUT2D eigenvalue weighted by atomic mass is 9.73. The predicted octanol–water partition coefficient (Wildman–Crippen LogP) is 5.28. The van der Waals surface area contributed by atoms with E-state index in [0.29, 0.717) is 35.3 Å². The van der Waals surface area contributed by atoms with Gasteiger partial charge in [0.25, 0.3) is 5.69 Å². The van der Waals surface area contributed by atoms with Gasteiger partial charge in [0, 0.05) is 35.6 Å². The number of nitro benzene ring substituents is 1. The highest BCUT2D eigenvalue weighted by atomic mass is 32.2. The first-order valence-electron chi connectivity index (χ1n) is 10.8. The summed E-state index contributed by atoms with van der Waals surface area (Å²) in [6, 6.07) is 12.0. The van der Waals surface area contributed by atoms with E-state index in [-0.39, 0.29) is 22.7 Å². The predicted molar refractivity (Wildman–Crippen MR) is 126 cm³/mol. The molecule has 1 aromatic heterocycles. The van der Waals surface area contributed by atoms with Crippen LogP contribution in [0, 0.1) is 21.3 Å². The zero-order valence-corrected chi connectivity index (χ0v) is 19.4. The fourth-order valence-electron chi connectivity index (χ4n) is 4.51. The molecule has 0 fully saturated rings. The van der Waals surface area contributed by atoms with E-state index in [2.05, 4.69) is 29.2 Å². The second-order valence-electron chi connectivity index (χ2n) is 9.29. The van der Waals surface area contributed by atoms with E-state index in [4.69, 9.17) is 0 Å². The molecule has 8 nitrogen and oxygen atoms in total. The minimum Gasteiger partial charge on any atom is -0.328 e. The summed E-state index contributed by atoms with van der Waals surface area (Å²) >= 11 is 1.37. The number of aromatic nitrogens is 3. The first kappa shape index (κ1) is 22.3. The van der Waals surface area contributed by atoms with Crippen molar-refractivity contribution in [3.8, 4) is 0 Å². The number of benzene rings is 2. The summed E-state index contributed by atoms with van der Waals surface area (Å²) in [4.78, 5) is 28.6. The van der Waals surface area contributed by atoms with E-state index in [1.807, 2.05) is 6.07 Å². The maximum absolute atomic E-state index is 13.5. The van der Waals surface area contributed by atoms with Crippen molar-refractivity contribution < 1.29 is 14.1 Å². The number of allylic oxidation sites excluding steroid dienone is 2. The molecule has 5 rings (SSSR count). The second-order valence-corrected chi connectivity index (χ2v) is 10.2. The Labute approximate surface area is 199 Å². The van der Waals surface area contributed by atoms with Crippen LogP contribution < -0.4 is 5.32 Å². The quantitative estimate of drug-likeness (QED) is 0.302. The third-order valence-electron chi connectivity index (χ3n) is 5.99. The van der Waals surface area contributed by atoms with Crippen LogP contribution in [-0.4, -0.2) is 25.5 Å². The van der Waals surface area contributed by atoms with Gasteiger partial charge in [-0.05, 0) is 47.2 Å². The summed E-state index contributed by atoms with van der Waals surface area (Å²) in [7, 11) is 0. The summed E-state index contributed by atoms with van der Waals surface area (Å²) in [5.74, 6) is 0.724. The fraction of sp³-hybridized carbons (Fsp3) is 0.292. The molecule has 10 heteroatoms.